The van der Waals surface area contributed by atoms with Crippen LogP contribution in [0.2, 0.25) is 0 Å². The number of hydrogen-bond donors (Lipinski definition) is 5. The maximum absolute atomic E-state index is 11.8. The summed E-state index contributed by atoms with van der Waals surface area (Å²) in [6, 6.07) is 0. The van der Waals surface area contributed by atoms with Crippen LogP contribution in [0.5, 0.6) is 0 Å². The molecule has 9 nitrogen and oxygen atoms in total. The Balaban J connectivity index is 2.52. The lowest BCUT2D eigenvalue weighted by molar-refractivity contribution is -0.0989. The topological polar surface area (TPSA) is 145 Å². The number of nitrogens with one attached hydrogen (secondary N) is 1. The van der Waals surface area contributed by atoms with Crippen LogP contribution in [0, 0.1) is 0 Å². The molecule has 2 rings (SSSR count). The minimum absolute atomic E-state index is 0.0917. The van der Waals surface area contributed by atoms with Crippen LogP contribution in [0.4, 0.5) is 0 Å². The van der Waals surface area contributed by atoms with E-state index in [4.69, 9.17) is 14.9 Å². The van der Waals surface area contributed by atoms with Gasteiger partial charge in [0.15, 0.2) is 6.23 Å². The van der Waals surface area contributed by atoms with Crippen molar-refractivity contribution in [2.24, 2.45) is 0 Å². The molecule has 112 valence electrons. The molecular formula is C11H16N2O7. The van der Waals surface area contributed by atoms with Gasteiger partial charge in [0.05, 0.1) is 18.8 Å². The van der Waals surface area contributed by atoms with Crippen LogP contribution in [0.15, 0.2) is 15.8 Å². The van der Waals surface area contributed by atoms with Crippen molar-refractivity contribution in [3.8, 4) is 0 Å². The summed E-state index contributed by atoms with van der Waals surface area (Å²) in [7, 11) is 0. The third-order valence-electron chi connectivity index (χ3n) is 3.40. The first-order valence-corrected chi connectivity index (χ1v) is 5.95. The van der Waals surface area contributed by atoms with Crippen molar-refractivity contribution < 1.29 is 25.2 Å². The SMILES string of the molecule is C[C@@]1(O)[C@H](O)[C@@H](CO)O[C@H]1n1cc(CO)c(=O)[nH]c1=O. The van der Waals surface area contributed by atoms with Crippen molar-refractivity contribution in [3.05, 3.63) is 32.6 Å². The number of aliphatic hydroxyl groups is 4. The zero-order valence-corrected chi connectivity index (χ0v) is 10.7. The Morgan fingerprint density at radius 1 is 1.45 bits per heavy atom. The minimum atomic E-state index is -1.85. The molecule has 0 aliphatic carbocycles. The second-order valence-electron chi connectivity index (χ2n) is 4.86. The number of rotatable bonds is 3. The molecule has 2 heterocycles. The molecule has 0 amide bonds. The number of nitrogens with zero attached hydrogens (tertiary/aromatic N) is 1. The Morgan fingerprint density at radius 3 is 2.60 bits per heavy atom. The van der Waals surface area contributed by atoms with Gasteiger partial charge in [0.1, 0.15) is 17.8 Å². The monoisotopic (exact) mass is 288 g/mol. The van der Waals surface area contributed by atoms with Crippen molar-refractivity contribution in [2.45, 2.75) is 37.6 Å². The summed E-state index contributed by atoms with van der Waals surface area (Å²) in [5, 5.41) is 38.2. The van der Waals surface area contributed by atoms with E-state index in [2.05, 4.69) is 0 Å². The molecule has 0 bridgehead atoms. The van der Waals surface area contributed by atoms with Gasteiger partial charge in [-0.3, -0.25) is 14.3 Å². The lowest BCUT2D eigenvalue weighted by atomic mass is 9.96. The molecule has 1 aromatic heterocycles. The average molecular weight is 288 g/mol. The highest BCUT2D eigenvalue weighted by atomic mass is 16.6. The quantitative estimate of drug-likeness (QED) is 0.399. The summed E-state index contributed by atoms with van der Waals surface area (Å²) in [4.78, 5) is 25.1. The Kier molecular flexibility index (Phi) is 3.80. The molecule has 1 fully saturated rings. The van der Waals surface area contributed by atoms with Crippen LogP contribution in [-0.4, -0.2) is 54.4 Å². The largest absolute Gasteiger partial charge is 0.394 e. The van der Waals surface area contributed by atoms with Crippen LogP contribution in [0.1, 0.15) is 18.7 Å². The van der Waals surface area contributed by atoms with Crippen molar-refractivity contribution >= 4 is 0 Å². The average Bonchev–Trinajstić information content (AvgIpc) is 2.62. The second-order valence-corrected chi connectivity index (χ2v) is 4.86. The Morgan fingerprint density at radius 2 is 2.10 bits per heavy atom. The first kappa shape index (κ1) is 14.9. The van der Waals surface area contributed by atoms with E-state index in [1.165, 1.54) is 6.92 Å². The molecule has 5 N–H and O–H groups in total. The molecule has 9 heteroatoms. The predicted molar refractivity (Wildman–Crippen MR) is 64.9 cm³/mol. The van der Waals surface area contributed by atoms with Crippen LogP contribution in [0.3, 0.4) is 0 Å². The smallest absolute Gasteiger partial charge is 0.330 e. The molecule has 0 saturated carbocycles. The summed E-state index contributed by atoms with van der Waals surface area (Å²) in [6.45, 7) is 0.101. The fourth-order valence-electron chi connectivity index (χ4n) is 2.20. The maximum Gasteiger partial charge on any atom is 0.330 e. The molecule has 4 atom stereocenters. The van der Waals surface area contributed by atoms with Crippen LogP contribution >= 0.6 is 0 Å². The maximum atomic E-state index is 11.8. The van der Waals surface area contributed by atoms with Crippen molar-refractivity contribution in [1.82, 2.24) is 9.55 Å². The fraction of sp³-hybridized carbons (Fsp3) is 0.636. The van der Waals surface area contributed by atoms with Gasteiger partial charge < -0.3 is 25.2 Å². The summed E-state index contributed by atoms with van der Waals surface area (Å²) >= 11 is 0. The third-order valence-corrected chi connectivity index (χ3v) is 3.40. The van der Waals surface area contributed by atoms with Crippen LogP contribution in [-0.2, 0) is 11.3 Å². The number of hydrogen-bond acceptors (Lipinski definition) is 7. The van der Waals surface area contributed by atoms with Crippen molar-refractivity contribution in [1.29, 1.82) is 0 Å². The molecule has 1 saturated heterocycles. The van der Waals surface area contributed by atoms with E-state index in [0.717, 1.165) is 10.8 Å². The summed E-state index contributed by atoms with van der Waals surface area (Å²) in [6.07, 6.45) is -2.73. The number of aliphatic hydroxyl groups excluding tert-OH is 3. The molecular weight excluding hydrogens is 272 g/mol. The van der Waals surface area contributed by atoms with Crippen molar-refractivity contribution in [3.63, 3.8) is 0 Å². The Bertz CT molecular complexity index is 606. The molecule has 0 unspecified atom stereocenters. The van der Waals surface area contributed by atoms with Gasteiger partial charge in [0.2, 0.25) is 0 Å². The number of aromatic amines is 1. The highest BCUT2D eigenvalue weighted by molar-refractivity contribution is 5.06. The lowest BCUT2D eigenvalue weighted by Crippen LogP contribution is -2.47. The first-order valence-electron chi connectivity index (χ1n) is 5.95. The Hall–Kier alpha value is -1.52. The van der Waals surface area contributed by atoms with Gasteiger partial charge in [-0.2, -0.15) is 0 Å². The van der Waals surface area contributed by atoms with Crippen molar-refractivity contribution in [2.75, 3.05) is 6.61 Å². The number of aromatic nitrogens is 2. The zero-order chi connectivity index (χ0) is 15.1. The van der Waals surface area contributed by atoms with E-state index in [0.29, 0.717) is 0 Å². The molecule has 20 heavy (non-hydrogen) atoms. The summed E-state index contributed by atoms with van der Waals surface area (Å²) in [5.41, 5.74) is -3.54. The van der Waals surface area contributed by atoms with Gasteiger partial charge in [-0.1, -0.05) is 0 Å². The highest BCUT2D eigenvalue weighted by Crippen LogP contribution is 2.37. The van der Waals surface area contributed by atoms with Gasteiger partial charge in [-0.25, -0.2) is 4.79 Å². The van der Waals surface area contributed by atoms with Gasteiger partial charge in [-0.15, -0.1) is 0 Å². The van der Waals surface area contributed by atoms with Gasteiger partial charge in [-0.05, 0) is 6.92 Å². The molecule has 0 radical (unpaired) electrons. The normalized spacial score (nSPS) is 33.5. The van der Waals surface area contributed by atoms with E-state index in [1.807, 2.05) is 4.98 Å². The highest BCUT2D eigenvalue weighted by Gasteiger charge is 2.53. The number of ether oxygens (including phenoxy) is 1. The summed E-state index contributed by atoms with van der Waals surface area (Å²) < 4.78 is 6.12. The number of H-pyrrole nitrogens is 1. The zero-order valence-electron chi connectivity index (χ0n) is 10.7. The third kappa shape index (κ3) is 2.19. The standard InChI is InChI=1S/C11H16N2O7/c1-11(19)7(16)6(4-15)20-9(11)13-2-5(3-14)8(17)12-10(13)18/h2,6-7,9,14-16,19H,3-4H2,1H3,(H,12,17,18)/t6-,7-,9-,11-/m1/s1. The van der Waals surface area contributed by atoms with Gasteiger partial charge in [0, 0.05) is 6.20 Å². The molecule has 0 spiro atoms. The molecule has 0 aromatic carbocycles. The van der Waals surface area contributed by atoms with E-state index in [-0.39, 0.29) is 5.56 Å². The second kappa shape index (κ2) is 5.11. The van der Waals surface area contributed by atoms with Crippen LogP contribution < -0.4 is 11.2 Å². The minimum Gasteiger partial charge on any atom is -0.394 e. The molecule has 1 aliphatic heterocycles. The van der Waals surface area contributed by atoms with E-state index >= 15 is 0 Å². The Labute approximate surface area is 112 Å². The van der Waals surface area contributed by atoms with Crippen LogP contribution in [0.25, 0.3) is 0 Å². The van der Waals surface area contributed by atoms with Gasteiger partial charge >= 0.3 is 5.69 Å². The van der Waals surface area contributed by atoms with E-state index in [1.54, 1.807) is 0 Å². The fourth-order valence-corrected chi connectivity index (χ4v) is 2.20. The summed E-state index contributed by atoms with van der Waals surface area (Å²) in [5.74, 6) is 0. The van der Waals surface area contributed by atoms with Gasteiger partial charge in [0.25, 0.3) is 5.56 Å². The molecule has 1 aromatic rings. The van der Waals surface area contributed by atoms with E-state index in [9.17, 15) is 19.8 Å². The molecule has 1 aliphatic rings. The first-order chi connectivity index (χ1) is 9.32. The lowest BCUT2D eigenvalue weighted by Gasteiger charge is -2.27. The predicted octanol–water partition coefficient (Wildman–Crippen LogP) is -2.97. The van der Waals surface area contributed by atoms with E-state index < -0.39 is 48.5 Å².